The first kappa shape index (κ1) is 26.7. The van der Waals surface area contributed by atoms with E-state index >= 15 is 0 Å². The average Bonchev–Trinajstić information content (AvgIpc) is 3.23. The van der Waals surface area contributed by atoms with Gasteiger partial charge in [0.15, 0.2) is 0 Å². The highest BCUT2D eigenvalue weighted by Gasteiger charge is 2.18. The first-order valence-corrected chi connectivity index (χ1v) is 13.8. The first-order chi connectivity index (χ1) is 18.1. The Bertz CT molecular complexity index is 1610. The predicted octanol–water partition coefficient (Wildman–Crippen LogP) is 3.99. The van der Waals surface area contributed by atoms with Crippen molar-refractivity contribution in [1.29, 1.82) is 0 Å². The molecule has 11 heteroatoms. The van der Waals surface area contributed by atoms with E-state index in [0.717, 1.165) is 28.2 Å². The van der Waals surface area contributed by atoms with Gasteiger partial charge >= 0.3 is 0 Å². The van der Waals surface area contributed by atoms with Gasteiger partial charge in [-0.3, -0.25) is 4.79 Å². The molecule has 0 atom stereocenters. The second-order valence-corrected chi connectivity index (χ2v) is 11.1. The van der Waals surface area contributed by atoms with Crippen LogP contribution in [-0.4, -0.2) is 61.6 Å². The van der Waals surface area contributed by atoms with Gasteiger partial charge in [-0.25, -0.2) is 18.4 Å². The Morgan fingerprint density at radius 1 is 1.21 bits per heavy atom. The first-order valence-electron chi connectivity index (χ1n) is 11.8. The van der Waals surface area contributed by atoms with E-state index in [2.05, 4.69) is 38.9 Å². The lowest BCUT2D eigenvalue weighted by atomic mass is 10.1. The Morgan fingerprint density at radius 2 is 1.97 bits per heavy atom. The van der Waals surface area contributed by atoms with Gasteiger partial charge in [-0.2, -0.15) is 0 Å². The maximum Gasteiger partial charge on any atom is 0.247 e. The molecule has 0 aliphatic rings. The van der Waals surface area contributed by atoms with Crippen LogP contribution in [0.15, 0.2) is 67.5 Å². The third-order valence-electron chi connectivity index (χ3n) is 6.04. The summed E-state index contributed by atoms with van der Waals surface area (Å²) < 4.78 is 31.1. The van der Waals surface area contributed by atoms with Crippen LogP contribution in [-0.2, 0) is 21.7 Å². The van der Waals surface area contributed by atoms with Crippen molar-refractivity contribution in [3.05, 3.63) is 67.5 Å². The minimum atomic E-state index is -3.18. The molecule has 38 heavy (non-hydrogen) atoms. The second-order valence-electron chi connectivity index (χ2n) is 8.88. The van der Waals surface area contributed by atoms with Crippen LogP contribution in [0.3, 0.4) is 0 Å². The van der Waals surface area contributed by atoms with Crippen molar-refractivity contribution >= 4 is 49.7 Å². The number of hydrogen-bond donors (Lipinski definition) is 2. The van der Waals surface area contributed by atoms with E-state index in [1.165, 1.54) is 13.4 Å². The summed E-state index contributed by atoms with van der Waals surface area (Å²) in [4.78, 5) is 23.0. The van der Waals surface area contributed by atoms with Crippen LogP contribution in [0.4, 0.5) is 23.0 Å². The van der Waals surface area contributed by atoms with E-state index in [9.17, 15) is 13.2 Å². The minimum Gasteiger partial charge on any atom is -0.494 e. The molecule has 10 nitrogen and oxygen atoms in total. The second kappa shape index (κ2) is 10.9. The Morgan fingerprint density at radius 3 is 2.68 bits per heavy atom. The standard InChI is InChI=1S/C27H30N6O4S/c1-6-26(34)29-21-15-22(25(37-4)16-24(21)32(2)13-14-38(5,35)36)31-27-28-12-11-20(30-27)19-17-33(3)23-10-8-7-9-18(19)23/h6-12,15-17H,1,13-14H2,2-5H3,(H,29,34)(H,28,30,31). The summed E-state index contributed by atoms with van der Waals surface area (Å²) in [5, 5.41) is 7.06. The van der Waals surface area contributed by atoms with Gasteiger partial charge in [0, 0.05) is 61.8 Å². The molecule has 0 aliphatic heterocycles. The molecular formula is C27H30N6O4S. The van der Waals surface area contributed by atoms with Gasteiger partial charge in [-0.15, -0.1) is 0 Å². The largest absolute Gasteiger partial charge is 0.494 e. The van der Waals surface area contributed by atoms with Gasteiger partial charge < -0.3 is 24.8 Å². The van der Waals surface area contributed by atoms with Crippen molar-refractivity contribution in [2.45, 2.75) is 0 Å². The summed E-state index contributed by atoms with van der Waals surface area (Å²) in [5.41, 5.74) is 4.35. The molecule has 4 aromatic rings. The SMILES string of the molecule is C=CC(=O)Nc1cc(Nc2nccc(-c3cn(C)c4ccccc34)n2)c(OC)cc1N(C)CCS(C)(=O)=O. The summed E-state index contributed by atoms with van der Waals surface area (Å²) in [6.45, 7) is 3.74. The molecule has 2 heterocycles. The molecule has 2 aromatic carbocycles. The number of carbonyl (C=O) groups excluding carboxylic acids is 1. The lowest BCUT2D eigenvalue weighted by Gasteiger charge is -2.24. The lowest BCUT2D eigenvalue weighted by Crippen LogP contribution is -2.26. The number of aryl methyl sites for hydroxylation is 1. The topological polar surface area (TPSA) is 118 Å². The molecule has 1 amide bonds. The summed E-state index contributed by atoms with van der Waals surface area (Å²) in [7, 11) is 2.08. The Hall–Kier alpha value is -4.38. The maximum absolute atomic E-state index is 12.2. The lowest BCUT2D eigenvalue weighted by molar-refractivity contribution is -0.111. The Labute approximate surface area is 221 Å². The maximum atomic E-state index is 12.2. The number of aromatic nitrogens is 3. The van der Waals surface area contributed by atoms with Crippen molar-refractivity contribution in [2.24, 2.45) is 7.05 Å². The Balaban J connectivity index is 1.71. The third-order valence-corrected chi connectivity index (χ3v) is 6.97. The molecule has 0 saturated carbocycles. The number of carbonyl (C=O) groups is 1. The number of benzene rings is 2. The molecule has 0 saturated heterocycles. The molecule has 4 rings (SSSR count). The zero-order valence-corrected chi connectivity index (χ0v) is 22.5. The number of amides is 1. The molecule has 0 spiro atoms. The van der Waals surface area contributed by atoms with E-state index in [4.69, 9.17) is 9.72 Å². The number of ether oxygens (including phenoxy) is 1. The van der Waals surface area contributed by atoms with Crippen LogP contribution in [0.1, 0.15) is 0 Å². The highest BCUT2D eigenvalue weighted by Crippen LogP contribution is 2.38. The van der Waals surface area contributed by atoms with E-state index in [-0.39, 0.29) is 12.3 Å². The van der Waals surface area contributed by atoms with Crippen LogP contribution in [0, 0.1) is 0 Å². The van der Waals surface area contributed by atoms with Crippen LogP contribution >= 0.6 is 0 Å². The van der Waals surface area contributed by atoms with E-state index in [1.54, 1.807) is 30.3 Å². The van der Waals surface area contributed by atoms with Crippen molar-refractivity contribution in [3.63, 3.8) is 0 Å². The monoisotopic (exact) mass is 534 g/mol. The van der Waals surface area contributed by atoms with Crippen LogP contribution in [0.5, 0.6) is 5.75 Å². The highest BCUT2D eigenvalue weighted by atomic mass is 32.2. The van der Waals surface area contributed by atoms with Crippen molar-refractivity contribution in [3.8, 4) is 17.0 Å². The minimum absolute atomic E-state index is 0.0462. The summed E-state index contributed by atoms with van der Waals surface area (Å²) in [6, 6.07) is 13.4. The average molecular weight is 535 g/mol. The van der Waals surface area contributed by atoms with E-state index < -0.39 is 15.7 Å². The quantitative estimate of drug-likeness (QED) is 0.293. The van der Waals surface area contributed by atoms with Crippen molar-refractivity contribution in [2.75, 3.05) is 48.2 Å². The molecular weight excluding hydrogens is 504 g/mol. The molecule has 0 bridgehead atoms. The molecule has 0 aliphatic carbocycles. The van der Waals surface area contributed by atoms with Gasteiger partial charge in [0.05, 0.1) is 35.6 Å². The van der Waals surface area contributed by atoms with Crippen molar-refractivity contribution < 1.29 is 17.9 Å². The highest BCUT2D eigenvalue weighted by molar-refractivity contribution is 7.90. The number of para-hydroxylation sites is 1. The fourth-order valence-electron chi connectivity index (χ4n) is 4.09. The van der Waals surface area contributed by atoms with Crippen LogP contribution in [0.2, 0.25) is 0 Å². The Kier molecular flexibility index (Phi) is 7.67. The van der Waals surface area contributed by atoms with Gasteiger partial charge in [0.2, 0.25) is 11.9 Å². The van der Waals surface area contributed by atoms with Crippen molar-refractivity contribution in [1.82, 2.24) is 14.5 Å². The third kappa shape index (κ3) is 5.94. The number of methoxy groups -OCH3 is 1. The normalized spacial score (nSPS) is 11.3. The number of anilines is 4. The smallest absolute Gasteiger partial charge is 0.247 e. The number of sulfone groups is 1. The summed E-state index contributed by atoms with van der Waals surface area (Å²) >= 11 is 0. The zero-order valence-electron chi connectivity index (χ0n) is 21.7. The molecule has 2 N–H and O–H groups in total. The molecule has 0 radical (unpaired) electrons. The van der Waals surface area contributed by atoms with Gasteiger partial charge in [-0.05, 0) is 24.3 Å². The number of hydrogen-bond acceptors (Lipinski definition) is 8. The predicted molar refractivity (Wildman–Crippen MR) is 152 cm³/mol. The van der Waals surface area contributed by atoms with Gasteiger partial charge in [0.1, 0.15) is 15.6 Å². The number of fused-ring (bicyclic) bond motifs is 1. The summed E-state index contributed by atoms with van der Waals surface area (Å²) in [6.07, 6.45) is 6.05. The number of nitrogens with one attached hydrogen (secondary N) is 2. The molecule has 0 unspecified atom stereocenters. The molecule has 198 valence electrons. The van der Waals surface area contributed by atoms with Gasteiger partial charge in [0.25, 0.3) is 0 Å². The van der Waals surface area contributed by atoms with Gasteiger partial charge in [-0.1, -0.05) is 24.8 Å². The van der Waals surface area contributed by atoms with E-state index in [0.29, 0.717) is 28.8 Å². The molecule has 2 aromatic heterocycles. The number of rotatable bonds is 10. The fraction of sp³-hybridized carbons (Fsp3) is 0.222. The number of nitrogens with zero attached hydrogens (tertiary/aromatic N) is 4. The zero-order chi connectivity index (χ0) is 27.4. The van der Waals surface area contributed by atoms with Crippen LogP contribution in [0.25, 0.3) is 22.2 Å². The van der Waals surface area contributed by atoms with Crippen LogP contribution < -0.4 is 20.3 Å². The summed E-state index contributed by atoms with van der Waals surface area (Å²) in [5.74, 6) is 0.345. The fourth-order valence-corrected chi connectivity index (χ4v) is 4.70. The van der Waals surface area contributed by atoms with E-state index in [1.807, 2.05) is 31.4 Å². The molecule has 0 fully saturated rings.